The van der Waals surface area contributed by atoms with Gasteiger partial charge in [-0.25, -0.2) is 9.97 Å². The summed E-state index contributed by atoms with van der Waals surface area (Å²) in [5, 5.41) is 36.8. The summed E-state index contributed by atoms with van der Waals surface area (Å²) in [6, 6.07) is 21.0. The number of nitrogens with zero attached hydrogens (tertiary/aromatic N) is 2. The second kappa shape index (κ2) is 14.6. The number of carboxylic acid groups (broad SMARTS) is 2. The smallest absolute Gasteiger partial charge is 0.543 e. The van der Waals surface area contributed by atoms with Crippen LogP contribution in [0.2, 0.25) is 0 Å². The van der Waals surface area contributed by atoms with Crippen LogP contribution in [0, 0.1) is 0 Å². The van der Waals surface area contributed by atoms with Crippen LogP contribution < -0.4 is 10.2 Å². The van der Waals surface area contributed by atoms with Gasteiger partial charge in [-0.3, -0.25) is 0 Å². The Labute approximate surface area is 189 Å². The summed E-state index contributed by atoms with van der Waals surface area (Å²) in [5.74, 6) is -2.49. The van der Waals surface area contributed by atoms with Gasteiger partial charge in [0.05, 0.1) is 34.4 Å². The summed E-state index contributed by atoms with van der Waals surface area (Å²) in [7, 11) is 2.00. The van der Waals surface area contributed by atoms with E-state index in [1.807, 2.05) is 36.4 Å². The molecule has 0 atom stereocenters. The number of pyridine rings is 2. The van der Waals surface area contributed by atoms with Crippen LogP contribution in [0.5, 0.6) is 0 Å². The Morgan fingerprint density at radius 1 is 0.613 bits per heavy atom. The number of aliphatic hydroxyl groups excluding tert-OH is 2. The van der Waals surface area contributed by atoms with Gasteiger partial charge in [0.2, 0.25) is 0 Å². The second-order valence-electron chi connectivity index (χ2n) is 5.35. The van der Waals surface area contributed by atoms with E-state index in [2.05, 4.69) is 9.97 Å². The molecule has 0 fully saturated rings. The predicted molar refractivity (Wildman–Crippen MR) is 108 cm³/mol. The Bertz CT molecular complexity index is 1030. The summed E-state index contributed by atoms with van der Waals surface area (Å²) in [6.45, 7) is 0. The van der Waals surface area contributed by atoms with Crippen molar-refractivity contribution in [2.75, 3.05) is 14.2 Å². The van der Waals surface area contributed by atoms with E-state index in [-0.39, 0.29) is 28.5 Å². The molecule has 0 amide bonds. The van der Waals surface area contributed by atoms with Crippen LogP contribution in [0.15, 0.2) is 72.8 Å². The molecule has 2 aromatic heterocycles. The summed E-state index contributed by atoms with van der Waals surface area (Å²) in [4.78, 5) is 28.8. The third kappa shape index (κ3) is 8.12. The number of fused-ring (bicyclic) bond motifs is 2. The van der Waals surface area contributed by atoms with Crippen LogP contribution in [-0.2, 0) is 17.1 Å². The first kappa shape index (κ1) is 27.6. The van der Waals surface area contributed by atoms with E-state index < -0.39 is 11.9 Å². The van der Waals surface area contributed by atoms with Crippen LogP contribution in [0.1, 0.15) is 21.0 Å². The van der Waals surface area contributed by atoms with Crippen LogP contribution in [-0.4, -0.2) is 46.3 Å². The van der Waals surface area contributed by atoms with Crippen LogP contribution in [0.25, 0.3) is 21.8 Å². The summed E-state index contributed by atoms with van der Waals surface area (Å²) >= 11 is 0. The third-order valence-electron chi connectivity index (χ3n) is 3.62. The first-order valence-corrected chi connectivity index (χ1v) is 8.58. The zero-order valence-corrected chi connectivity index (χ0v) is 17.9. The zero-order valence-electron chi connectivity index (χ0n) is 16.7. The molecular weight excluding hydrogens is 443 g/mol. The quantitative estimate of drug-likeness (QED) is 0.407. The molecule has 0 aliphatic heterocycles. The molecule has 161 valence electrons. The van der Waals surface area contributed by atoms with Crippen molar-refractivity contribution in [1.29, 1.82) is 0 Å². The molecule has 8 nitrogen and oxygen atoms in total. The van der Waals surface area contributed by atoms with Crippen molar-refractivity contribution in [1.82, 2.24) is 9.97 Å². The van der Waals surface area contributed by atoms with Gasteiger partial charge in [-0.2, -0.15) is 0 Å². The van der Waals surface area contributed by atoms with Crippen molar-refractivity contribution in [2.24, 2.45) is 0 Å². The van der Waals surface area contributed by atoms with Gasteiger partial charge in [0.25, 0.3) is 0 Å². The Morgan fingerprint density at radius 2 is 0.935 bits per heavy atom. The molecule has 1 radical (unpaired) electrons. The number of carbonyl (C=O) groups excluding carboxylic acids is 2. The first-order chi connectivity index (χ1) is 14.5. The third-order valence-corrected chi connectivity index (χ3v) is 3.62. The molecule has 31 heavy (non-hydrogen) atoms. The molecule has 0 bridgehead atoms. The van der Waals surface area contributed by atoms with E-state index in [1.54, 1.807) is 24.3 Å². The van der Waals surface area contributed by atoms with Crippen LogP contribution in [0.3, 0.4) is 0 Å². The molecule has 0 unspecified atom stereocenters. The number of aromatic nitrogens is 2. The van der Waals surface area contributed by atoms with Gasteiger partial charge in [-0.15, -0.1) is 0 Å². The van der Waals surface area contributed by atoms with E-state index >= 15 is 0 Å². The van der Waals surface area contributed by atoms with Gasteiger partial charge >= 0.3 is 17.1 Å². The molecule has 2 aromatic carbocycles. The van der Waals surface area contributed by atoms with E-state index in [9.17, 15) is 19.8 Å². The number of hydrogen-bond donors (Lipinski definition) is 2. The minimum atomic E-state index is -1.24. The van der Waals surface area contributed by atoms with Crippen molar-refractivity contribution in [2.45, 2.75) is 0 Å². The van der Waals surface area contributed by atoms with E-state index in [1.165, 1.54) is 12.1 Å². The minimum absolute atomic E-state index is 0. The number of carboxylic acids is 2. The van der Waals surface area contributed by atoms with Crippen molar-refractivity contribution < 1.29 is 47.1 Å². The first-order valence-electron chi connectivity index (χ1n) is 8.58. The van der Waals surface area contributed by atoms with Gasteiger partial charge in [-0.05, 0) is 24.3 Å². The zero-order chi connectivity index (χ0) is 22.5. The average molecular weight is 463 g/mol. The molecule has 2 N–H and O–H groups in total. The van der Waals surface area contributed by atoms with Crippen molar-refractivity contribution in [3.63, 3.8) is 0 Å². The van der Waals surface area contributed by atoms with Gasteiger partial charge in [0.15, 0.2) is 0 Å². The predicted octanol–water partition coefficient (Wildman–Crippen LogP) is 0.411. The van der Waals surface area contributed by atoms with Gasteiger partial charge in [0, 0.05) is 25.0 Å². The molecule has 0 saturated carbocycles. The Balaban J connectivity index is 0.000000487. The molecule has 0 saturated heterocycles. The summed E-state index contributed by atoms with van der Waals surface area (Å²) < 4.78 is 0. The minimum Gasteiger partial charge on any atom is -0.543 e. The largest absolute Gasteiger partial charge is 2.00 e. The van der Waals surface area contributed by atoms with Crippen molar-refractivity contribution in [3.05, 3.63) is 84.2 Å². The fourth-order valence-electron chi connectivity index (χ4n) is 2.36. The number of aromatic carboxylic acids is 2. The molecule has 4 rings (SSSR count). The SMILES string of the molecule is CO.CO.O=C([O-])c1ccc2ccccc2n1.O=C([O-])c1ccc2ccccc2n1.[Mn+2]. The number of carbonyl (C=O) groups is 2. The molecule has 0 aliphatic carbocycles. The molecule has 4 aromatic rings. The number of benzene rings is 2. The standard InChI is InChI=1S/2C10H7NO2.2CH4O.Mn/c2*12-10(13)9-6-5-7-3-1-2-4-8(7)11-9;2*1-2;/h2*1-6H,(H,12,13);2*2H,1H3;/q;;;;+2/p-2. The summed E-state index contributed by atoms with van der Waals surface area (Å²) in [6.07, 6.45) is 0. The number of rotatable bonds is 2. The number of para-hydroxylation sites is 2. The number of hydrogen-bond acceptors (Lipinski definition) is 8. The maximum Gasteiger partial charge on any atom is 2.00 e. The van der Waals surface area contributed by atoms with E-state index in [0.717, 1.165) is 25.0 Å². The normalized spacial score (nSPS) is 8.90. The van der Waals surface area contributed by atoms with Crippen molar-refractivity contribution in [3.8, 4) is 0 Å². The van der Waals surface area contributed by atoms with Gasteiger partial charge < -0.3 is 30.0 Å². The molecular formula is C22H20MnN2O6. The maximum atomic E-state index is 10.5. The molecule has 0 aliphatic rings. The van der Waals surface area contributed by atoms with Crippen LogP contribution >= 0.6 is 0 Å². The van der Waals surface area contributed by atoms with Gasteiger partial charge in [-0.1, -0.05) is 48.5 Å². The van der Waals surface area contributed by atoms with E-state index in [4.69, 9.17) is 10.2 Å². The van der Waals surface area contributed by atoms with Gasteiger partial charge in [0.1, 0.15) is 0 Å². The Kier molecular flexibility index (Phi) is 13.0. The number of aliphatic hydroxyl groups is 2. The summed E-state index contributed by atoms with van der Waals surface area (Å²) in [5.41, 5.74) is 1.28. The molecule has 9 heteroatoms. The Hall–Kier alpha value is -3.36. The average Bonchev–Trinajstić information content (AvgIpc) is 2.81. The Morgan fingerprint density at radius 3 is 1.26 bits per heavy atom. The second-order valence-corrected chi connectivity index (χ2v) is 5.35. The van der Waals surface area contributed by atoms with Crippen LogP contribution in [0.4, 0.5) is 0 Å². The van der Waals surface area contributed by atoms with E-state index in [0.29, 0.717) is 11.0 Å². The molecule has 2 heterocycles. The monoisotopic (exact) mass is 463 g/mol. The fourth-order valence-corrected chi connectivity index (χ4v) is 2.36. The molecule has 0 spiro atoms. The van der Waals surface area contributed by atoms with Crippen molar-refractivity contribution >= 4 is 33.7 Å². The maximum absolute atomic E-state index is 10.5. The topological polar surface area (TPSA) is 146 Å². The fraction of sp³-hybridized carbons (Fsp3) is 0.0909.